The van der Waals surface area contributed by atoms with Crippen molar-refractivity contribution in [2.75, 3.05) is 26.4 Å². The Morgan fingerprint density at radius 3 is 2.62 bits per heavy atom. The molecule has 2 saturated heterocycles. The zero-order chi connectivity index (χ0) is 18.4. The van der Waals surface area contributed by atoms with Crippen molar-refractivity contribution in [1.29, 1.82) is 0 Å². The molecule has 1 N–H and O–H groups in total. The maximum absolute atomic E-state index is 14.3. The summed E-state index contributed by atoms with van der Waals surface area (Å²) in [5.41, 5.74) is 1.35. The first-order valence-corrected chi connectivity index (χ1v) is 10.2. The van der Waals surface area contributed by atoms with Crippen LogP contribution in [0.3, 0.4) is 0 Å². The molecule has 0 aliphatic carbocycles. The van der Waals surface area contributed by atoms with Gasteiger partial charge < -0.3 is 14.6 Å². The number of hydrogen-bond acceptors (Lipinski definition) is 4. The van der Waals surface area contributed by atoms with Gasteiger partial charge in [-0.25, -0.2) is 9.07 Å². The lowest BCUT2D eigenvalue weighted by Crippen LogP contribution is -2.19. The monoisotopic (exact) mass is 428 g/mol. The predicted octanol–water partition coefficient (Wildman–Crippen LogP) is 4.36. The summed E-state index contributed by atoms with van der Waals surface area (Å²) in [6, 6.07) is 1.53. The van der Waals surface area contributed by atoms with Gasteiger partial charge in [0.1, 0.15) is 5.82 Å². The van der Waals surface area contributed by atoms with E-state index in [-0.39, 0.29) is 18.7 Å². The second-order valence-corrected chi connectivity index (χ2v) is 7.43. The quantitative estimate of drug-likeness (QED) is 0.785. The maximum atomic E-state index is 14.3. The van der Waals surface area contributed by atoms with Crippen LogP contribution in [0.1, 0.15) is 50.3 Å². The number of benzene rings is 1. The lowest BCUT2D eigenvalue weighted by Gasteiger charge is -2.23. The van der Waals surface area contributed by atoms with E-state index in [1.807, 2.05) is 0 Å². The highest BCUT2D eigenvalue weighted by Gasteiger charge is 2.21. The molecular weight excluding hydrogens is 403 g/mol. The molecule has 2 aromatic rings. The van der Waals surface area contributed by atoms with Crippen LogP contribution >= 0.6 is 15.9 Å². The van der Waals surface area contributed by atoms with Crippen molar-refractivity contribution in [3.63, 3.8) is 0 Å². The SMILES string of the molecule is C1CCOC1.OCCCc1c(F)cc2c(cnn2C2CCCCO2)c1Br. The van der Waals surface area contributed by atoms with Crippen LogP contribution in [0, 0.1) is 5.82 Å². The fraction of sp³-hybridized carbons (Fsp3) is 0.632. The minimum Gasteiger partial charge on any atom is -0.396 e. The standard InChI is InChI=1S/C15H18BrFN2O2.C4H8O/c16-15-10(4-3-6-20)12(17)8-13-11(15)9-18-19(13)14-5-1-2-7-21-14;1-2-4-5-3-1/h8-9,14,20H,1-7H2;1-4H2. The third-order valence-corrected chi connectivity index (χ3v) is 5.63. The Bertz CT molecular complexity index is 705. The Hall–Kier alpha value is -1.02. The van der Waals surface area contributed by atoms with Gasteiger partial charge in [-0.05, 0) is 60.9 Å². The largest absolute Gasteiger partial charge is 0.396 e. The molecule has 1 aromatic heterocycles. The Balaban J connectivity index is 0.000000339. The average molecular weight is 429 g/mol. The van der Waals surface area contributed by atoms with Crippen molar-refractivity contribution in [3.05, 3.63) is 28.1 Å². The third kappa shape index (κ3) is 4.63. The van der Waals surface area contributed by atoms with E-state index in [1.165, 1.54) is 18.9 Å². The number of rotatable bonds is 4. The molecule has 7 heteroatoms. The van der Waals surface area contributed by atoms with Gasteiger partial charge >= 0.3 is 0 Å². The number of halogens is 2. The fourth-order valence-electron chi connectivity index (χ4n) is 3.30. The molecule has 0 amide bonds. The van der Waals surface area contributed by atoms with Gasteiger partial charge in [0.05, 0.1) is 11.7 Å². The van der Waals surface area contributed by atoms with Crippen LogP contribution in [-0.4, -0.2) is 41.3 Å². The minimum atomic E-state index is -0.264. The first-order chi connectivity index (χ1) is 12.7. The van der Waals surface area contributed by atoms with Crippen LogP contribution in [0.5, 0.6) is 0 Å². The zero-order valence-corrected chi connectivity index (χ0v) is 16.5. The van der Waals surface area contributed by atoms with Crippen LogP contribution < -0.4 is 0 Å². The lowest BCUT2D eigenvalue weighted by atomic mass is 10.1. The molecule has 5 nitrogen and oxygen atoms in total. The molecule has 26 heavy (non-hydrogen) atoms. The normalized spacial score (nSPS) is 20.2. The van der Waals surface area contributed by atoms with E-state index in [9.17, 15) is 4.39 Å². The van der Waals surface area contributed by atoms with E-state index in [0.29, 0.717) is 18.4 Å². The van der Waals surface area contributed by atoms with Gasteiger partial charge in [-0.3, -0.25) is 0 Å². The van der Waals surface area contributed by atoms with Crippen molar-refractivity contribution >= 4 is 26.8 Å². The Morgan fingerprint density at radius 1 is 1.23 bits per heavy atom. The first-order valence-electron chi connectivity index (χ1n) is 9.36. The molecule has 0 bridgehead atoms. The number of aromatic nitrogens is 2. The smallest absolute Gasteiger partial charge is 0.150 e. The highest BCUT2D eigenvalue weighted by molar-refractivity contribution is 9.10. The second kappa shape index (κ2) is 9.78. The van der Waals surface area contributed by atoms with E-state index >= 15 is 0 Å². The van der Waals surface area contributed by atoms with E-state index in [1.54, 1.807) is 10.9 Å². The molecule has 4 rings (SSSR count). The van der Waals surface area contributed by atoms with Crippen molar-refractivity contribution < 1.29 is 19.0 Å². The van der Waals surface area contributed by atoms with Gasteiger partial charge in [0, 0.05) is 47.9 Å². The number of fused-ring (bicyclic) bond motifs is 1. The first kappa shape index (κ1) is 19.7. The summed E-state index contributed by atoms with van der Waals surface area (Å²) in [7, 11) is 0. The average Bonchev–Trinajstić information content (AvgIpc) is 3.35. The summed E-state index contributed by atoms with van der Waals surface area (Å²) in [4.78, 5) is 0. The number of ether oxygens (including phenoxy) is 2. The molecule has 2 fully saturated rings. The Labute approximate surface area is 161 Å². The predicted molar refractivity (Wildman–Crippen MR) is 102 cm³/mol. The zero-order valence-electron chi connectivity index (χ0n) is 14.9. The van der Waals surface area contributed by atoms with Gasteiger partial charge in [-0.15, -0.1) is 0 Å². The molecule has 3 heterocycles. The maximum Gasteiger partial charge on any atom is 0.150 e. The van der Waals surface area contributed by atoms with Gasteiger partial charge in [-0.2, -0.15) is 5.10 Å². The molecule has 0 radical (unpaired) electrons. The lowest BCUT2D eigenvalue weighted by molar-refractivity contribution is -0.0366. The number of aliphatic hydroxyl groups is 1. The summed E-state index contributed by atoms with van der Waals surface area (Å²) in [5.74, 6) is -0.264. The molecule has 1 atom stereocenters. The summed E-state index contributed by atoms with van der Waals surface area (Å²) in [6.45, 7) is 2.78. The second-order valence-electron chi connectivity index (χ2n) is 6.64. The van der Waals surface area contributed by atoms with E-state index in [2.05, 4.69) is 21.0 Å². The molecule has 2 aliphatic heterocycles. The van der Waals surface area contributed by atoms with Gasteiger partial charge in [0.2, 0.25) is 0 Å². The highest BCUT2D eigenvalue weighted by atomic mass is 79.9. The van der Waals surface area contributed by atoms with E-state index in [0.717, 1.165) is 54.5 Å². The van der Waals surface area contributed by atoms with Gasteiger partial charge in [0.15, 0.2) is 6.23 Å². The summed E-state index contributed by atoms with van der Waals surface area (Å²) in [5, 5.41) is 14.2. The molecular formula is C19H26BrFN2O3. The van der Waals surface area contributed by atoms with Crippen molar-refractivity contribution in [1.82, 2.24) is 9.78 Å². The van der Waals surface area contributed by atoms with Crippen LogP contribution in [0.15, 0.2) is 16.7 Å². The van der Waals surface area contributed by atoms with Crippen molar-refractivity contribution in [3.8, 4) is 0 Å². The topological polar surface area (TPSA) is 56.5 Å². The van der Waals surface area contributed by atoms with Crippen LogP contribution in [0.4, 0.5) is 4.39 Å². The summed E-state index contributed by atoms with van der Waals surface area (Å²) < 4.78 is 27.5. The fourth-order valence-corrected chi connectivity index (χ4v) is 3.99. The summed E-state index contributed by atoms with van der Waals surface area (Å²) >= 11 is 3.48. The molecule has 0 saturated carbocycles. The van der Waals surface area contributed by atoms with E-state index in [4.69, 9.17) is 14.6 Å². The highest BCUT2D eigenvalue weighted by Crippen LogP contribution is 2.33. The van der Waals surface area contributed by atoms with Crippen molar-refractivity contribution in [2.24, 2.45) is 0 Å². The molecule has 1 unspecified atom stereocenters. The Morgan fingerprint density at radius 2 is 2.00 bits per heavy atom. The number of hydrogen-bond donors (Lipinski definition) is 1. The van der Waals surface area contributed by atoms with E-state index < -0.39 is 0 Å². The summed E-state index contributed by atoms with van der Waals surface area (Å²) in [6.07, 6.45) is 8.32. The number of aliphatic hydroxyl groups excluding tert-OH is 1. The van der Waals surface area contributed by atoms with Crippen LogP contribution in [0.25, 0.3) is 10.9 Å². The van der Waals surface area contributed by atoms with Crippen LogP contribution in [-0.2, 0) is 15.9 Å². The molecule has 0 spiro atoms. The van der Waals surface area contributed by atoms with Gasteiger partial charge in [0.25, 0.3) is 0 Å². The molecule has 144 valence electrons. The van der Waals surface area contributed by atoms with Gasteiger partial charge in [-0.1, -0.05) is 0 Å². The van der Waals surface area contributed by atoms with Crippen molar-refractivity contribution in [2.45, 2.75) is 51.2 Å². The Kier molecular flexibility index (Phi) is 7.42. The number of nitrogens with zero attached hydrogens (tertiary/aromatic N) is 2. The van der Waals surface area contributed by atoms with Crippen LogP contribution in [0.2, 0.25) is 0 Å². The minimum absolute atomic E-state index is 0.0547. The third-order valence-electron chi connectivity index (χ3n) is 4.73. The molecule has 1 aromatic carbocycles. The molecule has 2 aliphatic rings.